The first-order chi connectivity index (χ1) is 7.84. The molecule has 0 amide bonds. The molecule has 80 valence electrons. The van der Waals surface area contributed by atoms with E-state index in [2.05, 4.69) is 46.5 Å². The van der Waals surface area contributed by atoms with Crippen molar-refractivity contribution >= 4 is 5.71 Å². The normalized spacial score (nSPS) is 14.4. The van der Waals surface area contributed by atoms with Crippen molar-refractivity contribution in [2.24, 2.45) is 4.99 Å². The molecule has 4 heteroatoms. The average Bonchev–Trinajstić information content (AvgIpc) is 2.78. The fourth-order valence-electron chi connectivity index (χ4n) is 1.89. The quantitative estimate of drug-likeness (QED) is 0.717. The number of hydrogen-bond acceptors (Lipinski definition) is 3. The smallest absolute Gasteiger partial charge is 0.107 e. The van der Waals surface area contributed by atoms with Gasteiger partial charge in [0.05, 0.1) is 25.0 Å². The Labute approximate surface area is 93.6 Å². The molecule has 0 bridgehead atoms. The van der Waals surface area contributed by atoms with Gasteiger partial charge in [-0.05, 0) is 6.92 Å². The number of fused-ring (bicyclic) bond motifs is 1. The van der Waals surface area contributed by atoms with Crippen molar-refractivity contribution in [2.75, 3.05) is 6.54 Å². The summed E-state index contributed by atoms with van der Waals surface area (Å²) in [4.78, 5) is 4.56. The lowest BCUT2D eigenvalue weighted by atomic mass is 10.1. The predicted octanol–water partition coefficient (Wildman–Crippen LogP) is 1.44. The molecule has 16 heavy (non-hydrogen) atoms. The molecule has 1 aliphatic heterocycles. The SMILES string of the molecule is Cc1ccc(C2=NCCn3nncc32)cc1. The maximum absolute atomic E-state index is 4.56. The van der Waals surface area contributed by atoms with E-state index in [1.807, 2.05) is 4.68 Å². The lowest BCUT2D eigenvalue weighted by molar-refractivity contribution is 0.584. The van der Waals surface area contributed by atoms with Crippen LogP contribution < -0.4 is 0 Å². The zero-order valence-corrected chi connectivity index (χ0v) is 9.09. The Kier molecular flexibility index (Phi) is 2.06. The molecule has 1 aromatic carbocycles. The molecular formula is C12H12N4. The molecule has 1 aliphatic rings. The van der Waals surface area contributed by atoms with Gasteiger partial charge in [-0.3, -0.25) is 4.99 Å². The Morgan fingerprint density at radius 1 is 1.19 bits per heavy atom. The van der Waals surface area contributed by atoms with Crippen LogP contribution in [-0.4, -0.2) is 27.3 Å². The molecule has 0 saturated heterocycles. The topological polar surface area (TPSA) is 43.1 Å². The summed E-state index contributed by atoms with van der Waals surface area (Å²) < 4.78 is 1.90. The minimum Gasteiger partial charge on any atom is -0.280 e. The lowest BCUT2D eigenvalue weighted by Crippen LogP contribution is -2.19. The maximum Gasteiger partial charge on any atom is 0.107 e. The summed E-state index contributed by atoms with van der Waals surface area (Å²) in [5.74, 6) is 0. The minimum absolute atomic E-state index is 0.777. The number of hydrogen-bond donors (Lipinski definition) is 0. The van der Waals surface area contributed by atoms with E-state index < -0.39 is 0 Å². The molecule has 0 atom stereocenters. The van der Waals surface area contributed by atoms with Crippen molar-refractivity contribution in [3.05, 3.63) is 47.3 Å². The highest BCUT2D eigenvalue weighted by Crippen LogP contribution is 2.14. The van der Waals surface area contributed by atoms with E-state index in [-0.39, 0.29) is 0 Å². The van der Waals surface area contributed by atoms with Crippen molar-refractivity contribution in [1.29, 1.82) is 0 Å². The van der Waals surface area contributed by atoms with Crippen LogP contribution in [0.2, 0.25) is 0 Å². The van der Waals surface area contributed by atoms with Crippen LogP contribution in [0.1, 0.15) is 16.8 Å². The van der Waals surface area contributed by atoms with Crippen molar-refractivity contribution in [3.63, 3.8) is 0 Å². The van der Waals surface area contributed by atoms with Crippen LogP contribution in [0.3, 0.4) is 0 Å². The summed E-state index contributed by atoms with van der Waals surface area (Å²) in [6, 6.07) is 8.38. The molecule has 0 spiro atoms. The summed E-state index contributed by atoms with van der Waals surface area (Å²) in [5, 5.41) is 7.97. The van der Waals surface area contributed by atoms with Crippen LogP contribution in [0.15, 0.2) is 35.5 Å². The standard InChI is InChI=1S/C12H12N4/c1-9-2-4-10(5-3-9)12-11-8-14-15-16(11)7-6-13-12/h2-5,8H,6-7H2,1H3. The lowest BCUT2D eigenvalue weighted by Gasteiger charge is -2.13. The van der Waals surface area contributed by atoms with Crippen LogP contribution in [0.5, 0.6) is 0 Å². The second-order valence-electron chi connectivity index (χ2n) is 3.94. The summed E-state index contributed by atoms with van der Waals surface area (Å²) >= 11 is 0. The van der Waals surface area contributed by atoms with Crippen molar-refractivity contribution in [2.45, 2.75) is 13.5 Å². The van der Waals surface area contributed by atoms with Gasteiger partial charge in [0.15, 0.2) is 0 Å². The molecule has 3 rings (SSSR count). The minimum atomic E-state index is 0.777. The summed E-state index contributed by atoms with van der Waals surface area (Å²) in [7, 11) is 0. The van der Waals surface area contributed by atoms with Crippen LogP contribution >= 0.6 is 0 Å². The summed E-state index contributed by atoms with van der Waals surface area (Å²) in [5.41, 5.74) is 4.40. The molecule has 0 saturated carbocycles. The van der Waals surface area contributed by atoms with E-state index >= 15 is 0 Å². The highest BCUT2D eigenvalue weighted by molar-refractivity contribution is 6.12. The Balaban J connectivity index is 2.08. The molecule has 4 nitrogen and oxygen atoms in total. The van der Waals surface area contributed by atoms with Gasteiger partial charge >= 0.3 is 0 Å². The fraction of sp³-hybridized carbons (Fsp3) is 0.250. The maximum atomic E-state index is 4.56. The number of aliphatic imine (C=N–C) groups is 1. The zero-order chi connectivity index (χ0) is 11.0. The molecule has 0 N–H and O–H groups in total. The van der Waals surface area contributed by atoms with Gasteiger partial charge in [0.25, 0.3) is 0 Å². The van der Waals surface area contributed by atoms with Crippen molar-refractivity contribution in [3.8, 4) is 0 Å². The number of aryl methyl sites for hydroxylation is 1. The first kappa shape index (κ1) is 9.27. The van der Waals surface area contributed by atoms with Gasteiger partial charge in [0.2, 0.25) is 0 Å². The van der Waals surface area contributed by atoms with Gasteiger partial charge in [0.1, 0.15) is 5.69 Å². The van der Waals surface area contributed by atoms with Crippen LogP contribution in [0.4, 0.5) is 0 Å². The fourth-order valence-corrected chi connectivity index (χ4v) is 1.89. The number of nitrogens with zero attached hydrogens (tertiary/aromatic N) is 4. The number of aromatic nitrogens is 3. The van der Waals surface area contributed by atoms with Gasteiger partial charge in [-0.1, -0.05) is 35.0 Å². The molecule has 1 aromatic heterocycles. The molecule has 2 aromatic rings. The summed E-state index contributed by atoms with van der Waals surface area (Å²) in [6.45, 7) is 3.68. The van der Waals surface area contributed by atoms with Crippen molar-refractivity contribution < 1.29 is 0 Å². The van der Waals surface area contributed by atoms with Crippen molar-refractivity contribution in [1.82, 2.24) is 15.0 Å². The molecule has 0 radical (unpaired) electrons. The summed E-state index contributed by atoms with van der Waals surface area (Å²) in [6.07, 6.45) is 1.78. The average molecular weight is 212 g/mol. The Morgan fingerprint density at radius 3 is 2.81 bits per heavy atom. The van der Waals surface area contributed by atoms with E-state index in [9.17, 15) is 0 Å². The number of rotatable bonds is 1. The molecule has 0 fully saturated rings. The third kappa shape index (κ3) is 1.43. The van der Waals surface area contributed by atoms with Gasteiger partial charge in [-0.2, -0.15) is 0 Å². The molecule has 0 aliphatic carbocycles. The second kappa shape index (κ2) is 3.56. The van der Waals surface area contributed by atoms with Crippen LogP contribution in [0, 0.1) is 6.92 Å². The van der Waals surface area contributed by atoms with E-state index in [4.69, 9.17) is 0 Å². The first-order valence-corrected chi connectivity index (χ1v) is 5.35. The highest BCUT2D eigenvalue weighted by Gasteiger charge is 2.16. The molecule has 0 unspecified atom stereocenters. The Morgan fingerprint density at radius 2 is 2.00 bits per heavy atom. The third-order valence-corrected chi connectivity index (χ3v) is 2.77. The Hall–Kier alpha value is -1.97. The third-order valence-electron chi connectivity index (χ3n) is 2.77. The van der Waals surface area contributed by atoms with Gasteiger partial charge in [-0.25, -0.2) is 4.68 Å². The zero-order valence-electron chi connectivity index (χ0n) is 9.09. The van der Waals surface area contributed by atoms with Crippen LogP contribution in [0.25, 0.3) is 0 Å². The van der Waals surface area contributed by atoms with E-state index in [0.717, 1.165) is 30.1 Å². The second-order valence-corrected chi connectivity index (χ2v) is 3.94. The van der Waals surface area contributed by atoms with E-state index in [1.165, 1.54) is 5.56 Å². The van der Waals surface area contributed by atoms with E-state index in [0.29, 0.717) is 0 Å². The number of benzene rings is 1. The van der Waals surface area contributed by atoms with E-state index in [1.54, 1.807) is 6.20 Å². The van der Waals surface area contributed by atoms with Gasteiger partial charge in [-0.15, -0.1) is 5.10 Å². The molecular weight excluding hydrogens is 200 g/mol. The van der Waals surface area contributed by atoms with Gasteiger partial charge < -0.3 is 0 Å². The first-order valence-electron chi connectivity index (χ1n) is 5.35. The largest absolute Gasteiger partial charge is 0.280 e. The van der Waals surface area contributed by atoms with Crippen LogP contribution in [-0.2, 0) is 6.54 Å². The molecule has 2 heterocycles. The Bertz CT molecular complexity index is 536. The van der Waals surface area contributed by atoms with Gasteiger partial charge in [0, 0.05) is 5.56 Å². The monoisotopic (exact) mass is 212 g/mol. The predicted molar refractivity (Wildman–Crippen MR) is 61.7 cm³/mol. The highest BCUT2D eigenvalue weighted by atomic mass is 15.4.